The Bertz CT molecular complexity index is 1240. The maximum absolute atomic E-state index is 12.4. The van der Waals surface area contributed by atoms with Crippen LogP contribution in [-0.2, 0) is 11.3 Å². The van der Waals surface area contributed by atoms with E-state index in [1.54, 1.807) is 42.2 Å². The van der Waals surface area contributed by atoms with Crippen LogP contribution < -0.4 is 5.56 Å². The Morgan fingerprint density at radius 1 is 1.14 bits per heavy atom. The maximum atomic E-state index is 12.4. The Labute approximate surface area is 166 Å². The first-order valence-electron chi connectivity index (χ1n) is 9.11. The van der Waals surface area contributed by atoms with Gasteiger partial charge in [-0.05, 0) is 30.3 Å². The van der Waals surface area contributed by atoms with Gasteiger partial charge in [-0.1, -0.05) is 30.3 Å². The van der Waals surface area contributed by atoms with Crippen molar-refractivity contribution < 1.29 is 4.79 Å². The van der Waals surface area contributed by atoms with Crippen molar-refractivity contribution in [1.29, 1.82) is 0 Å². The number of likely N-dealkylation sites (N-methyl/N-ethyl adjacent to an activating group) is 1. The van der Waals surface area contributed by atoms with Crippen LogP contribution in [-0.4, -0.2) is 37.6 Å². The molecule has 0 aliphatic carbocycles. The van der Waals surface area contributed by atoms with Crippen molar-refractivity contribution in [3.63, 3.8) is 0 Å². The normalized spacial score (nSPS) is 11.2. The molecule has 0 saturated carbocycles. The van der Waals surface area contributed by atoms with E-state index in [2.05, 4.69) is 15.1 Å². The zero-order chi connectivity index (χ0) is 20.2. The molecular formula is C22H19N5O2. The predicted molar refractivity (Wildman–Crippen MR) is 111 cm³/mol. The van der Waals surface area contributed by atoms with E-state index in [1.165, 1.54) is 11.0 Å². The zero-order valence-electron chi connectivity index (χ0n) is 15.8. The lowest BCUT2D eigenvalue weighted by atomic mass is 10.2. The summed E-state index contributed by atoms with van der Waals surface area (Å²) in [6, 6.07) is 16.9. The van der Waals surface area contributed by atoms with Gasteiger partial charge in [-0.25, -0.2) is 9.67 Å². The zero-order valence-corrected chi connectivity index (χ0v) is 15.8. The number of aromatic nitrogens is 4. The van der Waals surface area contributed by atoms with E-state index in [1.807, 2.05) is 42.6 Å². The third-order valence-electron chi connectivity index (χ3n) is 4.47. The summed E-state index contributed by atoms with van der Waals surface area (Å²) < 4.78 is 1.75. The number of aromatic amines is 1. The van der Waals surface area contributed by atoms with Crippen LogP contribution in [0.3, 0.4) is 0 Å². The summed E-state index contributed by atoms with van der Waals surface area (Å²) >= 11 is 0. The first-order valence-corrected chi connectivity index (χ1v) is 9.11. The second-order valence-corrected chi connectivity index (χ2v) is 6.61. The number of para-hydroxylation sites is 2. The number of H-pyrrole nitrogens is 1. The summed E-state index contributed by atoms with van der Waals surface area (Å²) in [6.07, 6.45) is 6.73. The predicted octanol–water partition coefficient (Wildman–Crippen LogP) is 2.78. The summed E-state index contributed by atoms with van der Waals surface area (Å²) in [7, 11) is 1.66. The van der Waals surface area contributed by atoms with Crippen LogP contribution in [0.4, 0.5) is 0 Å². The Morgan fingerprint density at radius 3 is 2.72 bits per heavy atom. The van der Waals surface area contributed by atoms with Crippen molar-refractivity contribution in [3.05, 3.63) is 94.8 Å². The van der Waals surface area contributed by atoms with Gasteiger partial charge in [0.25, 0.3) is 5.56 Å². The van der Waals surface area contributed by atoms with Crippen LogP contribution in [0.2, 0.25) is 0 Å². The molecule has 0 unspecified atom stereocenters. The highest BCUT2D eigenvalue weighted by atomic mass is 16.2. The van der Waals surface area contributed by atoms with Crippen LogP contribution in [0, 0.1) is 0 Å². The molecule has 0 bridgehead atoms. The average molecular weight is 385 g/mol. The van der Waals surface area contributed by atoms with Crippen molar-refractivity contribution in [1.82, 2.24) is 24.6 Å². The first kappa shape index (κ1) is 18.4. The number of nitrogens with zero attached hydrogens (tertiary/aromatic N) is 4. The molecule has 0 aliphatic rings. The van der Waals surface area contributed by atoms with Crippen molar-refractivity contribution >= 4 is 22.9 Å². The van der Waals surface area contributed by atoms with E-state index in [9.17, 15) is 9.59 Å². The minimum absolute atomic E-state index is 0.201. The van der Waals surface area contributed by atoms with E-state index >= 15 is 0 Å². The molecule has 0 atom stereocenters. The number of carbonyl (C=O) groups excluding carboxylic acids is 1. The molecule has 29 heavy (non-hydrogen) atoms. The maximum Gasteiger partial charge on any atom is 0.258 e. The van der Waals surface area contributed by atoms with Gasteiger partial charge in [0.15, 0.2) is 0 Å². The third-order valence-corrected chi connectivity index (χ3v) is 4.47. The Hall–Kier alpha value is -4.00. The minimum atomic E-state index is -0.213. The van der Waals surface area contributed by atoms with Crippen molar-refractivity contribution in [2.75, 3.05) is 7.05 Å². The van der Waals surface area contributed by atoms with Crippen molar-refractivity contribution in [2.24, 2.45) is 0 Å². The molecule has 2 heterocycles. The Morgan fingerprint density at radius 2 is 1.90 bits per heavy atom. The molecule has 1 amide bonds. The van der Waals surface area contributed by atoms with Crippen LogP contribution in [0.25, 0.3) is 22.7 Å². The van der Waals surface area contributed by atoms with E-state index in [0.717, 1.165) is 11.3 Å². The molecule has 2 aromatic heterocycles. The molecule has 2 aromatic carbocycles. The summed E-state index contributed by atoms with van der Waals surface area (Å²) in [5.41, 5.74) is 2.15. The van der Waals surface area contributed by atoms with Gasteiger partial charge < -0.3 is 9.88 Å². The highest BCUT2D eigenvalue weighted by molar-refractivity contribution is 5.91. The SMILES string of the molecule is CN(Cc1nc2ccccc2c(=O)[nH]1)C(=O)/C=C/c1cnn(-c2ccccc2)c1. The third kappa shape index (κ3) is 4.14. The lowest BCUT2D eigenvalue weighted by molar-refractivity contribution is -0.125. The molecule has 0 saturated heterocycles. The number of nitrogens with one attached hydrogen (secondary N) is 1. The van der Waals surface area contributed by atoms with Gasteiger partial charge in [-0.15, -0.1) is 0 Å². The number of benzene rings is 2. The van der Waals surface area contributed by atoms with Gasteiger partial charge in [0.05, 0.1) is 29.3 Å². The van der Waals surface area contributed by atoms with Crippen molar-refractivity contribution in [2.45, 2.75) is 6.54 Å². The smallest absolute Gasteiger partial charge is 0.258 e. The largest absolute Gasteiger partial charge is 0.335 e. The summed E-state index contributed by atoms with van der Waals surface area (Å²) in [5, 5.41) is 4.83. The van der Waals surface area contributed by atoms with Gasteiger partial charge in [-0.3, -0.25) is 9.59 Å². The van der Waals surface area contributed by atoms with Crippen LogP contribution in [0.5, 0.6) is 0 Å². The second-order valence-electron chi connectivity index (χ2n) is 6.61. The van der Waals surface area contributed by atoms with Gasteiger partial charge in [0, 0.05) is 24.9 Å². The minimum Gasteiger partial charge on any atom is -0.335 e. The lowest BCUT2D eigenvalue weighted by Crippen LogP contribution is -2.26. The molecule has 1 N–H and O–H groups in total. The van der Waals surface area contributed by atoms with Gasteiger partial charge >= 0.3 is 0 Å². The standard InChI is InChI=1S/C22H19N5O2/c1-26(15-20-24-19-10-6-5-9-18(19)22(29)25-20)21(28)12-11-16-13-23-27(14-16)17-7-3-2-4-8-17/h2-14H,15H2,1H3,(H,24,25,29)/b12-11+. The molecule has 4 aromatic rings. The molecule has 0 spiro atoms. The summed E-state index contributed by atoms with van der Waals surface area (Å²) in [4.78, 5) is 33.2. The average Bonchev–Trinajstić information content (AvgIpc) is 3.22. The number of hydrogen-bond donors (Lipinski definition) is 1. The highest BCUT2D eigenvalue weighted by Gasteiger charge is 2.10. The number of carbonyl (C=O) groups is 1. The van der Waals surface area contributed by atoms with E-state index in [4.69, 9.17) is 0 Å². The number of amides is 1. The van der Waals surface area contributed by atoms with Gasteiger partial charge in [0.1, 0.15) is 5.82 Å². The summed E-state index contributed by atoms with van der Waals surface area (Å²) in [5.74, 6) is 0.239. The van der Waals surface area contributed by atoms with Crippen LogP contribution in [0.15, 0.2) is 77.9 Å². The van der Waals surface area contributed by atoms with Crippen LogP contribution in [0.1, 0.15) is 11.4 Å². The molecule has 144 valence electrons. The number of hydrogen-bond acceptors (Lipinski definition) is 4. The first-order chi connectivity index (χ1) is 14.1. The molecule has 0 fully saturated rings. The highest BCUT2D eigenvalue weighted by Crippen LogP contribution is 2.10. The van der Waals surface area contributed by atoms with E-state index < -0.39 is 0 Å². The molecule has 7 nitrogen and oxygen atoms in total. The molecule has 0 aliphatic heterocycles. The van der Waals surface area contributed by atoms with Crippen LogP contribution >= 0.6 is 0 Å². The molecule has 0 radical (unpaired) electrons. The molecule has 4 rings (SSSR count). The monoisotopic (exact) mass is 385 g/mol. The molecule has 7 heteroatoms. The fraction of sp³-hybridized carbons (Fsp3) is 0.0909. The van der Waals surface area contributed by atoms with Gasteiger partial charge in [0.2, 0.25) is 5.91 Å². The summed E-state index contributed by atoms with van der Waals surface area (Å²) in [6.45, 7) is 0.201. The molecular weight excluding hydrogens is 366 g/mol. The van der Waals surface area contributed by atoms with Gasteiger partial charge in [-0.2, -0.15) is 5.10 Å². The fourth-order valence-corrected chi connectivity index (χ4v) is 2.95. The quantitative estimate of drug-likeness (QED) is 0.536. The second kappa shape index (κ2) is 7.93. The number of fused-ring (bicyclic) bond motifs is 1. The van der Waals surface area contributed by atoms with Crippen molar-refractivity contribution in [3.8, 4) is 5.69 Å². The Kier molecular flexibility index (Phi) is 5.03. The lowest BCUT2D eigenvalue weighted by Gasteiger charge is -2.14. The Balaban J connectivity index is 1.45. The van der Waals surface area contributed by atoms with E-state index in [0.29, 0.717) is 16.7 Å². The fourth-order valence-electron chi connectivity index (χ4n) is 2.95. The topological polar surface area (TPSA) is 83.9 Å². The number of rotatable bonds is 5. The van der Waals surface area contributed by atoms with E-state index in [-0.39, 0.29) is 18.0 Å².